The van der Waals surface area contributed by atoms with E-state index in [2.05, 4.69) is 10.0 Å². The summed E-state index contributed by atoms with van der Waals surface area (Å²) >= 11 is 0. The number of halogens is 1. The smallest absolute Gasteiger partial charge is 0.240 e. The van der Waals surface area contributed by atoms with Crippen LogP contribution in [0.15, 0.2) is 29.2 Å². The highest BCUT2D eigenvalue weighted by molar-refractivity contribution is 7.89. The standard InChI is InChI=1S/C16H26FN3O3S/c1-12(2)10-16(3,11-18)20-15(21)8-9-19-24(22,23)14-6-4-13(17)5-7-14/h4-7,12,19H,8-11,18H2,1-3H3,(H,20,21). The largest absolute Gasteiger partial charge is 0.350 e. The van der Waals surface area contributed by atoms with E-state index < -0.39 is 21.4 Å². The van der Waals surface area contributed by atoms with Gasteiger partial charge >= 0.3 is 0 Å². The number of sulfonamides is 1. The van der Waals surface area contributed by atoms with Gasteiger partial charge in [-0.05, 0) is 43.5 Å². The van der Waals surface area contributed by atoms with Gasteiger partial charge in [0.15, 0.2) is 0 Å². The average Bonchev–Trinajstić information content (AvgIpc) is 2.46. The maximum atomic E-state index is 12.8. The van der Waals surface area contributed by atoms with Crippen molar-refractivity contribution in [2.24, 2.45) is 11.7 Å². The predicted octanol–water partition coefficient (Wildman–Crippen LogP) is 1.37. The molecule has 1 amide bonds. The number of rotatable bonds is 9. The minimum absolute atomic E-state index is 0.00584. The SMILES string of the molecule is CC(C)CC(C)(CN)NC(=O)CCNS(=O)(=O)c1ccc(F)cc1. The fourth-order valence-electron chi connectivity index (χ4n) is 2.48. The Morgan fingerprint density at radius 3 is 2.38 bits per heavy atom. The fraction of sp³-hybridized carbons (Fsp3) is 0.562. The van der Waals surface area contributed by atoms with Gasteiger partial charge in [0.2, 0.25) is 15.9 Å². The molecule has 0 aliphatic carbocycles. The lowest BCUT2D eigenvalue weighted by molar-refractivity contribution is -0.122. The molecule has 0 aromatic heterocycles. The van der Waals surface area contributed by atoms with E-state index in [1.165, 1.54) is 12.1 Å². The van der Waals surface area contributed by atoms with Crippen molar-refractivity contribution < 1.29 is 17.6 Å². The molecule has 0 aliphatic heterocycles. The summed E-state index contributed by atoms with van der Waals surface area (Å²) < 4.78 is 39.2. The van der Waals surface area contributed by atoms with Gasteiger partial charge in [0.05, 0.1) is 4.90 Å². The van der Waals surface area contributed by atoms with E-state index in [9.17, 15) is 17.6 Å². The lowest BCUT2D eigenvalue weighted by Gasteiger charge is -2.31. The molecule has 0 fully saturated rings. The van der Waals surface area contributed by atoms with Crippen molar-refractivity contribution in [1.82, 2.24) is 10.0 Å². The van der Waals surface area contributed by atoms with Crippen molar-refractivity contribution >= 4 is 15.9 Å². The second-order valence-electron chi connectivity index (χ2n) is 6.51. The fourth-order valence-corrected chi connectivity index (χ4v) is 3.51. The number of amides is 1. The van der Waals surface area contributed by atoms with E-state index in [0.29, 0.717) is 12.5 Å². The summed E-state index contributed by atoms with van der Waals surface area (Å²) in [7, 11) is -3.76. The number of carbonyl (C=O) groups is 1. The summed E-state index contributed by atoms with van der Waals surface area (Å²) in [6, 6.07) is 4.48. The molecule has 4 N–H and O–H groups in total. The zero-order valence-electron chi connectivity index (χ0n) is 14.3. The van der Waals surface area contributed by atoms with Gasteiger partial charge < -0.3 is 11.1 Å². The highest BCUT2D eigenvalue weighted by Crippen LogP contribution is 2.15. The van der Waals surface area contributed by atoms with Gasteiger partial charge in [-0.15, -0.1) is 0 Å². The maximum absolute atomic E-state index is 12.8. The van der Waals surface area contributed by atoms with E-state index >= 15 is 0 Å². The van der Waals surface area contributed by atoms with E-state index in [4.69, 9.17) is 5.73 Å². The van der Waals surface area contributed by atoms with Crippen LogP contribution in [0.4, 0.5) is 4.39 Å². The second-order valence-corrected chi connectivity index (χ2v) is 8.28. The zero-order chi connectivity index (χ0) is 18.4. The Kier molecular flexibility index (Phi) is 7.31. The molecular weight excluding hydrogens is 333 g/mol. The normalized spacial score (nSPS) is 14.4. The highest BCUT2D eigenvalue weighted by atomic mass is 32.2. The van der Waals surface area contributed by atoms with Crippen LogP contribution in [0.5, 0.6) is 0 Å². The minimum Gasteiger partial charge on any atom is -0.350 e. The third-order valence-corrected chi connectivity index (χ3v) is 5.00. The molecule has 1 aromatic carbocycles. The summed E-state index contributed by atoms with van der Waals surface area (Å²) in [5, 5.41) is 2.86. The number of hydrogen-bond acceptors (Lipinski definition) is 4. The summed E-state index contributed by atoms with van der Waals surface area (Å²) in [4.78, 5) is 12.0. The van der Waals surface area contributed by atoms with Crippen LogP contribution in [0.2, 0.25) is 0 Å². The molecule has 1 atom stereocenters. The molecule has 0 radical (unpaired) electrons. The van der Waals surface area contributed by atoms with Crippen molar-refractivity contribution in [1.29, 1.82) is 0 Å². The van der Waals surface area contributed by atoms with Gasteiger partial charge in [-0.3, -0.25) is 4.79 Å². The van der Waals surface area contributed by atoms with E-state index in [1.54, 1.807) is 0 Å². The van der Waals surface area contributed by atoms with Crippen LogP contribution in [-0.4, -0.2) is 33.0 Å². The van der Waals surface area contributed by atoms with Crippen LogP contribution in [0.3, 0.4) is 0 Å². The van der Waals surface area contributed by atoms with Crippen molar-refractivity contribution in [3.63, 3.8) is 0 Å². The Labute approximate surface area is 143 Å². The molecule has 0 heterocycles. The first kappa shape index (κ1) is 20.5. The number of hydrogen-bond donors (Lipinski definition) is 3. The van der Waals surface area contributed by atoms with E-state index in [-0.39, 0.29) is 23.8 Å². The lowest BCUT2D eigenvalue weighted by atomic mass is 9.90. The number of nitrogens with two attached hydrogens (primary N) is 1. The summed E-state index contributed by atoms with van der Waals surface area (Å²) in [6.07, 6.45) is 0.727. The van der Waals surface area contributed by atoms with Gasteiger partial charge in [0.25, 0.3) is 0 Å². The summed E-state index contributed by atoms with van der Waals surface area (Å²) in [5.74, 6) is -0.416. The molecule has 0 aliphatic rings. The third-order valence-electron chi connectivity index (χ3n) is 3.52. The van der Waals surface area contributed by atoms with Gasteiger partial charge in [-0.25, -0.2) is 17.5 Å². The molecule has 0 saturated heterocycles. The first-order valence-electron chi connectivity index (χ1n) is 7.84. The Balaban J connectivity index is 2.54. The summed E-state index contributed by atoms with van der Waals surface area (Å²) in [5.41, 5.74) is 5.22. The molecule has 136 valence electrons. The molecule has 6 nitrogen and oxygen atoms in total. The topological polar surface area (TPSA) is 101 Å². The van der Waals surface area contributed by atoms with Crippen LogP contribution in [0, 0.1) is 11.7 Å². The van der Waals surface area contributed by atoms with Crippen LogP contribution in [0.1, 0.15) is 33.6 Å². The monoisotopic (exact) mass is 359 g/mol. The third kappa shape index (κ3) is 6.54. The average molecular weight is 359 g/mol. The Morgan fingerprint density at radius 1 is 1.29 bits per heavy atom. The zero-order valence-corrected chi connectivity index (χ0v) is 15.1. The molecule has 1 rings (SSSR count). The first-order valence-corrected chi connectivity index (χ1v) is 9.32. The molecule has 24 heavy (non-hydrogen) atoms. The van der Waals surface area contributed by atoms with E-state index in [0.717, 1.165) is 18.6 Å². The molecule has 0 bridgehead atoms. The Bertz CT molecular complexity index is 647. The van der Waals surface area contributed by atoms with E-state index in [1.807, 2.05) is 20.8 Å². The van der Waals surface area contributed by atoms with Crippen LogP contribution < -0.4 is 15.8 Å². The Hall–Kier alpha value is -1.51. The molecule has 1 aromatic rings. The van der Waals surface area contributed by atoms with Crippen molar-refractivity contribution in [2.45, 2.75) is 44.0 Å². The summed E-state index contributed by atoms with van der Waals surface area (Å²) in [6.45, 7) is 6.20. The number of carbonyl (C=O) groups excluding carboxylic acids is 1. The van der Waals surface area contributed by atoms with Crippen molar-refractivity contribution in [3.05, 3.63) is 30.1 Å². The van der Waals surface area contributed by atoms with Gasteiger partial charge in [0, 0.05) is 25.0 Å². The maximum Gasteiger partial charge on any atom is 0.240 e. The van der Waals surface area contributed by atoms with Gasteiger partial charge in [0.1, 0.15) is 5.82 Å². The predicted molar refractivity (Wildman–Crippen MR) is 91.3 cm³/mol. The van der Waals surface area contributed by atoms with Crippen LogP contribution in [-0.2, 0) is 14.8 Å². The number of nitrogens with one attached hydrogen (secondary N) is 2. The molecule has 0 spiro atoms. The quantitative estimate of drug-likeness (QED) is 0.620. The van der Waals surface area contributed by atoms with Gasteiger partial charge in [-0.1, -0.05) is 13.8 Å². The molecule has 0 saturated carbocycles. The van der Waals surface area contributed by atoms with Crippen LogP contribution >= 0.6 is 0 Å². The second kappa shape index (κ2) is 8.55. The Morgan fingerprint density at radius 2 is 1.88 bits per heavy atom. The highest BCUT2D eigenvalue weighted by Gasteiger charge is 2.25. The first-order chi connectivity index (χ1) is 11.1. The molecular formula is C16H26FN3O3S. The lowest BCUT2D eigenvalue weighted by Crippen LogP contribution is -2.52. The number of benzene rings is 1. The van der Waals surface area contributed by atoms with Crippen LogP contribution in [0.25, 0.3) is 0 Å². The molecule has 1 unspecified atom stereocenters. The minimum atomic E-state index is -3.76. The van der Waals surface area contributed by atoms with Crippen molar-refractivity contribution in [2.75, 3.05) is 13.1 Å². The van der Waals surface area contributed by atoms with Crippen molar-refractivity contribution in [3.8, 4) is 0 Å². The van der Waals surface area contributed by atoms with Gasteiger partial charge in [-0.2, -0.15) is 0 Å². The molecule has 8 heteroatoms.